The van der Waals surface area contributed by atoms with Gasteiger partial charge in [-0.05, 0) is 0 Å². The van der Waals surface area contributed by atoms with Gasteiger partial charge in [-0.1, -0.05) is 0 Å². The topological polar surface area (TPSA) is 83.4 Å². The summed E-state index contributed by atoms with van der Waals surface area (Å²) in [5.74, 6) is 0. The predicted molar refractivity (Wildman–Crippen MR) is 9.83 cm³/mol. The van der Waals surface area contributed by atoms with Gasteiger partial charge < -0.3 is 19.2 Å². The molecule has 6 heteroatoms. The maximum Gasteiger partial charge on any atom is 0.0557 e. The smallest absolute Gasteiger partial charge is 0.0557 e. The normalized spacial score (nSPS) is 9.83. The second kappa shape index (κ2) is 2.83. The van der Waals surface area contributed by atoms with E-state index in [9.17, 15) is 0 Å². The maximum absolute atomic E-state index is 8.66. The molecule has 0 radical (unpaired) electrons. The van der Waals surface area contributed by atoms with E-state index in [4.69, 9.17) is 19.2 Å². The zero-order chi connectivity index (χ0) is 4.50. The Hall–Kier alpha value is 0.733. The van der Waals surface area contributed by atoms with Crippen molar-refractivity contribution in [2.75, 3.05) is 0 Å². The molecule has 0 aliphatic heterocycles. The number of phosphoric acid groups is 1. The molecular weight excluding hydrogens is 160 g/mol. The fraction of sp³-hybridized carbons (Fsp3) is 0. The molecule has 0 amide bonds. The Morgan fingerprint density at radius 1 is 1.50 bits per heavy atom. The quantitative estimate of drug-likeness (QED) is 0.323. The van der Waals surface area contributed by atoms with Crippen LogP contribution in [0.1, 0.15) is 0 Å². The molecule has 0 fully saturated rings. The SMILES string of the molecule is O=P([O-])([O-])O.[Zn]. The van der Waals surface area contributed by atoms with E-state index in [1.165, 1.54) is 0 Å². The summed E-state index contributed by atoms with van der Waals surface area (Å²) < 4.78 is 8.66. The van der Waals surface area contributed by atoms with Crippen LogP contribution in [0.4, 0.5) is 0 Å². The third-order valence-electron chi connectivity index (χ3n) is 0. The van der Waals surface area contributed by atoms with E-state index in [2.05, 4.69) is 0 Å². The molecule has 0 heterocycles. The zero-order valence-electron chi connectivity index (χ0n) is 2.83. The summed E-state index contributed by atoms with van der Waals surface area (Å²) >= 11 is 0. The van der Waals surface area contributed by atoms with E-state index in [-0.39, 0.29) is 19.5 Å². The van der Waals surface area contributed by atoms with Crippen molar-refractivity contribution < 1.29 is 38.7 Å². The molecule has 0 bridgehead atoms. The van der Waals surface area contributed by atoms with Crippen LogP contribution in [0.2, 0.25) is 0 Å². The van der Waals surface area contributed by atoms with Gasteiger partial charge in [0.2, 0.25) is 0 Å². The molecule has 6 heavy (non-hydrogen) atoms. The van der Waals surface area contributed by atoms with E-state index in [0.717, 1.165) is 0 Å². The third-order valence-corrected chi connectivity index (χ3v) is 0. The van der Waals surface area contributed by atoms with Crippen molar-refractivity contribution in [3.05, 3.63) is 0 Å². The van der Waals surface area contributed by atoms with Gasteiger partial charge in [-0.2, -0.15) is 0 Å². The Bertz CT molecular complexity index is 53.7. The second-order valence-electron chi connectivity index (χ2n) is 0.469. The summed E-state index contributed by atoms with van der Waals surface area (Å²) in [5, 5.41) is 0. The van der Waals surface area contributed by atoms with Crippen LogP contribution in [0.5, 0.6) is 0 Å². The Morgan fingerprint density at radius 3 is 1.50 bits per heavy atom. The second-order valence-corrected chi connectivity index (χ2v) is 1.41. The number of hydrogen-bond donors (Lipinski definition) is 1. The molecule has 0 spiro atoms. The average Bonchev–Trinajstić information content (AvgIpc) is 0.722. The van der Waals surface area contributed by atoms with Gasteiger partial charge in [-0.15, -0.1) is 0 Å². The van der Waals surface area contributed by atoms with Crippen molar-refractivity contribution in [1.82, 2.24) is 0 Å². The summed E-state index contributed by atoms with van der Waals surface area (Å²) in [5.41, 5.74) is 0. The predicted octanol–water partition coefficient (Wildman–Crippen LogP) is -2.20. The van der Waals surface area contributed by atoms with Crippen molar-refractivity contribution >= 4 is 7.82 Å². The molecule has 0 rings (SSSR count). The minimum atomic E-state index is -5.14. The molecule has 0 unspecified atom stereocenters. The van der Waals surface area contributed by atoms with Gasteiger partial charge in [0.1, 0.15) is 0 Å². The van der Waals surface area contributed by atoms with Gasteiger partial charge in [0.05, 0.1) is 7.82 Å². The fourth-order valence-corrected chi connectivity index (χ4v) is 0. The van der Waals surface area contributed by atoms with Crippen LogP contribution in [0.3, 0.4) is 0 Å². The molecule has 0 saturated heterocycles. The van der Waals surface area contributed by atoms with Crippen LogP contribution in [0, 0.1) is 0 Å². The molecule has 0 atom stereocenters. The standard InChI is InChI=1S/H3O4P.Zn/c1-5(2,3)4;/h(H3,1,2,3,4);/p-2. The van der Waals surface area contributed by atoms with E-state index in [1.807, 2.05) is 0 Å². The van der Waals surface area contributed by atoms with Gasteiger partial charge in [-0.3, -0.25) is 0 Å². The summed E-state index contributed by atoms with van der Waals surface area (Å²) in [4.78, 5) is 24.3. The van der Waals surface area contributed by atoms with E-state index in [1.54, 1.807) is 0 Å². The van der Waals surface area contributed by atoms with E-state index < -0.39 is 7.82 Å². The minimum absolute atomic E-state index is 0. The van der Waals surface area contributed by atoms with E-state index >= 15 is 0 Å². The monoisotopic (exact) mass is 160 g/mol. The van der Waals surface area contributed by atoms with Crippen molar-refractivity contribution in [2.45, 2.75) is 0 Å². The first-order chi connectivity index (χ1) is 2.00. The van der Waals surface area contributed by atoms with Crippen LogP contribution >= 0.6 is 7.82 Å². The van der Waals surface area contributed by atoms with Crippen LogP contribution in [0.25, 0.3) is 0 Å². The molecule has 4 nitrogen and oxygen atoms in total. The van der Waals surface area contributed by atoms with Gasteiger partial charge in [0, 0.05) is 19.5 Å². The van der Waals surface area contributed by atoms with Crippen LogP contribution in [-0.2, 0) is 24.0 Å². The molecule has 0 saturated carbocycles. The molecule has 0 aliphatic carbocycles. The van der Waals surface area contributed by atoms with Gasteiger partial charge in [0.25, 0.3) is 0 Å². The summed E-state index contributed by atoms with van der Waals surface area (Å²) in [6.07, 6.45) is 0. The van der Waals surface area contributed by atoms with Crippen LogP contribution in [-0.4, -0.2) is 4.89 Å². The molecule has 0 aliphatic rings. The molecule has 34 valence electrons. The van der Waals surface area contributed by atoms with Crippen molar-refractivity contribution in [2.24, 2.45) is 0 Å². The molecule has 1 N–H and O–H groups in total. The van der Waals surface area contributed by atoms with Crippen LogP contribution < -0.4 is 9.79 Å². The molecule has 0 aromatic heterocycles. The zero-order valence-corrected chi connectivity index (χ0v) is 6.69. The van der Waals surface area contributed by atoms with Gasteiger partial charge in [-0.25, -0.2) is 0 Å². The Kier molecular flexibility index (Phi) is 4.66. The van der Waals surface area contributed by atoms with Crippen LogP contribution in [0.15, 0.2) is 0 Å². The molecule has 0 aromatic rings. The van der Waals surface area contributed by atoms with E-state index in [0.29, 0.717) is 0 Å². The fourth-order valence-electron chi connectivity index (χ4n) is 0. The third kappa shape index (κ3) is 123. The summed E-state index contributed by atoms with van der Waals surface area (Å²) in [6.45, 7) is 0. The Morgan fingerprint density at radius 2 is 1.50 bits per heavy atom. The Labute approximate surface area is 47.2 Å². The average molecular weight is 161 g/mol. The Balaban J connectivity index is 0. The molecule has 0 aromatic carbocycles. The summed E-state index contributed by atoms with van der Waals surface area (Å²) in [7, 11) is -5.14. The number of hydrogen-bond acceptors (Lipinski definition) is 3. The van der Waals surface area contributed by atoms with Crippen molar-refractivity contribution in [3.63, 3.8) is 0 Å². The number of rotatable bonds is 0. The first kappa shape index (κ1) is 9.88. The van der Waals surface area contributed by atoms with Crippen molar-refractivity contribution in [1.29, 1.82) is 0 Å². The largest absolute Gasteiger partial charge is 0.790 e. The van der Waals surface area contributed by atoms with Gasteiger partial charge in [0.15, 0.2) is 0 Å². The van der Waals surface area contributed by atoms with Gasteiger partial charge >= 0.3 is 0 Å². The minimum Gasteiger partial charge on any atom is -0.790 e. The maximum atomic E-state index is 8.66. The first-order valence-corrected chi connectivity index (χ1v) is 2.24. The summed E-state index contributed by atoms with van der Waals surface area (Å²) in [6, 6.07) is 0. The van der Waals surface area contributed by atoms with Crippen molar-refractivity contribution in [3.8, 4) is 0 Å². The first-order valence-electron chi connectivity index (χ1n) is 0.748. The molecular formula is HO4PZn-2.